The van der Waals surface area contributed by atoms with Gasteiger partial charge in [0.2, 0.25) is 0 Å². The number of nitrogens with zero attached hydrogens (tertiary/aromatic N) is 1. The minimum Gasteiger partial charge on any atom is -0.340 e. The van der Waals surface area contributed by atoms with Gasteiger partial charge < -0.3 is 4.98 Å². The number of benzene rings is 2. The molecule has 88 valence electrons. The lowest BCUT2D eigenvalue weighted by molar-refractivity contribution is 0.761. The maximum absolute atomic E-state index is 4.66. The molecule has 3 nitrogen and oxygen atoms in total. The molecular formula is C14H11N3S. The zero-order valence-electron chi connectivity index (χ0n) is 9.55. The Kier molecular flexibility index (Phi) is 2.18. The number of fused-ring (bicyclic) bond motifs is 2. The largest absolute Gasteiger partial charge is 0.340 e. The molecule has 1 aromatic heterocycles. The molecule has 0 aliphatic carbocycles. The molecule has 1 atom stereocenters. The molecule has 4 heteroatoms. The molecule has 18 heavy (non-hydrogen) atoms. The summed E-state index contributed by atoms with van der Waals surface area (Å²) in [6.07, 6.45) is 0. The van der Waals surface area contributed by atoms with E-state index in [-0.39, 0.29) is 6.04 Å². The summed E-state index contributed by atoms with van der Waals surface area (Å²) in [6, 6.07) is 16.7. The Bertz CT molecular complexity index is 687. The van der Waals surface area contributed by atoms with E-state index in [4.69, 9.17) is 0 Å². The van der Waals surface area contributed by atoms with Crippen molar-refractivity contribution in [1.29, 1.82) is 0 Å². The van der Waals surface area contributed by atoms with Crippen molar-refractivity contribution >= 4 is 23.0 Å². The normalized spacial score (nSPS) is 18.1. The van der Waals surface area contributed by atoms with Crippen LogP contribution in [0.1, 0.15) is 17.4 Å². The second-order valence-corrected chi connectivity index (χ2v) is 5.21. The Balaban J connectivity index is 1.85. The van der Waals surface area contributed by atoms with E-state index in [9.17, 15) is 0 Å². The van der Waals surface area contributed by atoms with Gasteiger partial charge in [0.1, 0.15) is 11.9 Å². The summed E-state index contributed by atoms with van der Waals surface area (Å²) in [7, 11) is 0. The highest BCUT2D eigenvalue weighted by Gasteiger charge is 2.26. The molecule has 0 radical (unpaired) electrons. The number of hydrogen-bond donors (Lipinski definition) is 2. The summed E-state index contributed by atoms with van der Waals surface area (Å²) < 4.78 is 3.42. The second-order valence-electron chi connectivity index (χ2n) is 4.33. The number of aromatic nitrogens is 2. The van der Waals surface area contributed by atoms with Gasteiger partial charge in [-0.2, -0.15) is 0 Å². The molecule has 2 N–H and O–H groups in total. The van der Waals surface area contributed by atoms with E-state index < -0.39 is 0 Å². The molecule has 0 saturated carbocycles. The van der Waals surface area contributed by atoms with Crippen LogP contribution in [-0.2, 0) is 0 Å². The summed E-state index contributed by atoms with van der Waals surface area (Å²) in [5.74, 6) is 0.980. The van der Waals surface area contributed by atoms with Gasteiger partial charge in [-0.3, -0.25) is 0 Å². The van der Waals surface area contributed by atoms with Crippen LogP contribution < -0.4 is 4.72 Å². The van der Waals surface area contributed by atoms with E-state index in [1.807, 2.05) is 18.2 Å². The molecule has 0 spiro atoms. The Morgan fingerprint density at radius 1 is 1.00 bits per heavy atom. The molecule has 0 bridgehead atoms. The first-order valence-corrected chi connectivity index (χ1v) is 6.69. The predicted octanol–water partition coefficient (Wildman–Crippen LogP) is 3.26. The lowest BCUT2D eigenvalue weighted by atomic mass is 10.1. The van der Waals surface area contributed by atoms with Crippen molar-refractivity contribution in [3.05, 3.63) is 59.9 Å². The van der Waals surface area contributed by atoms with E-state index in [0.29, 0.717) is 0 Å². The zero-order chi connectivity index (χ0) is 11.9. The van der Waals surface area contributed by atoms with Crippen molar-refractivity contribution < 1.29 is 0 Å². The average Bonchev–Trinajstić information content (AvgIpc) is 3.02. The van der Waals surface area contributed by atoms with Crippen LogP contribution in [0.15, 0.2) is 53.4 Å². The maximum atomic E-state index is 4.66. The Morgan fingerprint density at radius 3 is 2.78 bits per heavy atom. The number of H-pyrrole nitrogens is 1. The van der Waals surface area contributed by atoms with Crippen molar-refractivity contribution in [3.8, 4) is 0 Å². The highest BCUT2D eigenvalue weighted by molar-refractivity contribution is 7.97. The van der Waals surface area contributed by atoms with Gasteiger partial charge in [0.25, 0.3) is 0 Å². The van der Waals surface area contributed by atoms with Crippen LogP contribution in [0.2, 0.25) is 0 Å². The monoisotopic (exact) mass is 253 g/mol. The first-order chi connectivity index (χ1) is 8.92. The lowest BCUT2D eigenvalue weighted by Crippen LogP contribution is -2.11. The SMILES string of the molecule is c1ccc2c(c1)SNC2c1nc2ccccc2[nH]1. The minimum absolute atomic E-state index is 0.151. The quantitative estimate of drug-likeness (QED) is 0.654. The van der Waals surface area contributed by atoms with Crippen molar-refractivity contribution in [2.24, 2.45) is 0 Å². The van der Waals surface area contributed by atoms with Gasteiger partial charge in [-0.25, -0.2) is 9.71 Å². The number of rotatable bonds is 1. The van der Waals surface area contributed by atoms with Crippen LogP contribution in [0.4, 0.5) is 0 Å². The third kappa shape index (κ3) is 1.46. The van der Waals surface area contributed by atoms with E-state index in [1.165, 1.54) is 10.5 Å². The molecule has 1 aliphatic rings. The zero-order valence-corrected chi connectivity index (χ0v) is 10.4. The van der Waals surface area contributed by atoms with Crippen molar-refractivity contribution in [2.75, 3.05) is 0 Å². The first-order valence-electron chi connectivity index (χ1n) is 5.88. The average molecular weight is 253 g/mol. The second kappa shape index (κ2) is 3.86. The van der Waals surface area contributed by atoms with Crippen LogP contribution in [0.3, 0.4) is 0 Å². The lowest BCUT2D eigenvalue weighted by Gasteiger charge is -2.06. The fourth-order valence-electron chi connectivity index (χ4n) is 2.31. The van der Waals surface area contributed by atoms with Gasteiger partial charge >= 0.3 is 0 Å². The highest BCUT2D eigenvalue weighted by atomic mass is 32.2. The minimum atomic E-state index is 0.151. The van der Waals surface area contributed by atoms with Gasteiger partial charge in [-0.05, 0) is 35.7 Å². The third-order valence-electron chi connectivity index (χ3n) is 3.20. The van der Waals surface area contributed by atoms with Crippen LogP contribution in [0.25, 0.3) is 11.0 Å². The molecule has 1 aliphatic heterocycles. The molecule has 0 fully saturated rings. The maximum Gasteiger partial charge on any atom is 0.129 e. The summed E-state index contributed by atoms with van der Waals surface area (Å²) in [6.45, 7) is 0. The number of nitrogens with one attached hydrogen (secondary N) is 2. The van der Waals surface area contributed by atoms with Crippen LogP contribution in [0, 0.1) is 0 Å². The summed E-state index contributed by atoms with van der Waals surface area (Å²) in [5, 5.41) is 0. The molecule has 4 rings (SSSR count). The van der Waals surface area contributed by atoms with E-state index in [1.54, 1.807) is 11.9 Å². The molecule has 0 saturated heterocycles. The smallest absolute Gasteiger partial charge is 0.129 e. The van der Waals surface area contributed by atoms with Crippen molar-refractivity contribution in [3.63, 3.8) is 0 Å². The summed E-state index contributed by atoms with van der Waals surface area (Å²) >= 11 is 1.67. The number of hydrogen-bond acceptors (Lipinski definition) is 3. The standard InChI is InChI=1S/C14H11N3S/c1-4-8-12-9(5-1)13(17-18-12)14-15-10-6-2-3-7-11(10)16-14/h1-8,13,17H,(H,15,16). The Labute approximate surface area is 109 Å². The topological polar surface area (TPSA) is 40.7 Å². The molecule has 0 amide bonds. The fraction of sp³-hybridized carbons (Fsp3) is 0.0714. The number of aromatic amines is 1. The van der Waals surface area contributed by atoms with Crippen LogP contribution >= 0.6 is 11.9 Å². The van der Waals surface area contributed by atoms with Crippen molar-refractivity contribution in [2.45, 2.75) is 10.9 Å². The predicted molar refractivity (Wildman–Crippen MR) is 73.4 cm³/mol. The molecule has 1 unspecified atom stereocenters. The number of para-hydroxylation sites is 2. The Morgan fingerprint density at radius 2 is 1.83 bits per heavy atom. The third-order valence-corrected chi connectivity index (χ3v) is 4.14. The molecule has 2 heterocycles. The molecule has 2 aromatic carbocycles. The van der Waals surface area contributed by atoms with E-state index in [0.717, 1.165) is 16.9 Å². The van der Waals surface area contributed by atoms with Crippen LogP contribution in [0.5, 0.6) is 0 Å². The van der Waals surface area contributed by atoms with Crippen molar-refractivity contribution in [1.82, 2.24) is 14.7 Å². The molecular weight excluding hydrogens is 242 g/mol. The molecule has 3 aromatic rings. The van der Waals surface area contributed by atoms with E-state index >= 15 is 0 Å². The van der Waals surface area contributed by atoms with Gasteiger partial charge in [-0.1, -0.05) is 30.3 Å². The van der Waals surface area contributed by atoms with Gasteiger partial charge in [0.05, 0.1) is 11.0 Å². The highest BCUT2D eigenvalue weighted by Crippen LogP contribution is 2.37. The Hall–Kier alpha value is -1.78. The summed E-state index contributed by atoms with van der Waals surface area (Å²) in [5.41, 5.74) is 3.40. The van der Waals surface area contributed by atoms with E-state index in [2.05, 4.69) is 45.0 Å². The van der Waals surface area contributed by atoms with Gasteiger partial charge in [0.15, 0.2) is 0 Å². The number of imidazole rings is 1. The summed E-state index contributed by atoms with van der Waals surface area (Å²) in [4.78, 5) is 9.33. The first kappa shape index (κ1) is 10.2. The van der Waals surface area contributed by atoms with Gasteiger partial charge in [0, 0.05) is 4.90 Å². The fourth-order valence-corrected chi connectivity index (χ4v) is 3.24. The van der Waals surface area contributed by atoms with Crippen LogP contribution in [-0.4, -0.2) is 9.97 Å². The van der Waals surface area contributed by atoms with Gasteiger partial charge in [-0.15, -0.1) is 0 Å².